The van der Waals surface area contributed by atoms with Gasteiger partial charge in [-0.25, -0.2) is 0 Å². The lowest BCUT2D eigenvalue weighted by atomic mass is 9.73. The van der Waals surface area contributed by atoms with E-state index >= 15 is 0 Å². The van der Waals surface area contributed by atoms with Crippen LogP contribution in [-0.2, 0) is 9.59 Å². The molecular weight excluding hydrogens is 529 g/mol. The molecule has 1 unspecified atom stereocenters. The summed E-state index contributed by atoms with van der Waals surface area (Å²) in [7, 11) is 2.79. The van der Waals surface area contributed by atoms with Crippen LogP contribution in [-0.4, -0.2) is 32.1 Å². The average Bonchev–Trinajstić information content (AvgIpc) is 2.90. The van der Waals surface area contributed by atoms with Gasteiger partial charge in [-0.15, -0.1) is 0 Å². The van der Waals surface area contributed by atoms with Gasteiger partial charge in [0.1, 0.15) is 11.5 Å². The van der Waals surface area contributed by atoms with Gasteiger partial charge >= 0.3 is 12.1 Å². The highest BCUT2D eigenvalue weighted by molar-refractivity contribution is 9.10. The van der Waals surface area contributed by atoms with Gasteiger partial charge in [0.15, 0.2) is 5.78 Å². The number of anilines is 2. The van der Waals surface area contributed by atoms with Crippen LogP contribution >= 0.6 is 15.9 Å². The van der Waals surface area contributed by atoms with Crippen LogP contribution in [0.2, 0.25) is 0 Å². The van der Waals surface area contributed by atoms with Crippen LogP contribution in [0.15, 0.2) is 52.1 Å². The third-order valence-corrected chi connectivity index (χ3v) is 7.00. The Morgan fingerprint density at radius 2 is 1.71 bits per heavy atom. The minimum atomic E-state index is -5.20. The van der Waals surface area contributed by atoms with Gasteiger partial charge in [-0.2, -0.15) is 13.2 Å². The van der Waals surface area contributed by atoms with Crippen molar-refractivity contribution in [1.82, 2.24) is 0 Å². The van der Waals surface area contributed by atoms with Crippen molar-refractivity contribution in [2.45, 2.75) is 38.9 Å². The Kier molecular flexibility index (Phi) is 6.37. The molecule has 186 valence electrons. The summed E-state index contributed by atoms with van der Waals surface area (Å²) in [6.45, 7) is 3.84. The number of ether oxygens (including phenoxy) is 2. The molecule has 2 aliphatic rings. The topological polar surface area (TPSA) is 67.9 Å². The van der Waals surface area contributed by atoms with Crippen LogP contribution in [0.4, 0.5) is 24.5 Å². The Morgan fingerprint density at radius 3 is 2.34 bits per heavy atom. The molecule has 2 aromatic carbocycles. The second-order valence-corrected chi connectivity index (χ2v) is 10.0. The van der Waals surface area contributed by atoms with Gasteiger partial charge < -0.3 is 14.8 Å². The number of methoxy groups -OCH3 is 2. The molecule has 0 spiro atoms. The van der Waals surface area contributed by atoms with E-state index in [-0.39, 0.29) is 39.3 Å². The highest BCUT2D eigenvalue weighted by Crippen LogP contribution is 2.53. The highest BCUT2D eigenvalue weighted by Gasteiger charge is 2.51. The molecule has 0 aromatic heterocycles. The predicted molar refractivity (Wildman–Crippen MR) is 129 cm³/mol. The molecule has 10 heteroatoms. The molecule has 0 saturated carbocycles. The van der Waals surface area contributed by atoms with Gasteiger partial charge in [0.2, 0.25) is 0 Å². The molecule has 0 bridgehead atoms. The maximum Gasteiger partial charge on any atom is 0.471 e. The van der Waals surface area contributed by atoms with Gasteiger partial charge in [-0.05, 0) is 52.0 Å². The molecule has 1 aliphatic carbocycles. The monoisotopic (exact) mass is 552 g/mol. The van der Waals surface area contributed by atoms with Crippen molar-refractivity contribution < 1.29 is 32.2 Å². The molecular formula is C25H24BrF3N2O4. The van der Waals surface area contributed by atoms with E-state index in [1.807, 2.05) is 13.8 Å². The first-order valence-electron chi connectivity index (χ1n) is 10.8. The zero-order valence-corrected chi connectivity index (χ0v) is 21.1. The van der Waals surface area contributed by atoms with Crippen molar-refractivity contribution in [3.63, 3.8) is 0 Å². The normalized spacial score (nSPS) is 19.4. The first-order valence-corrected chi connectivity index (χ1v) is 11.6. The molecule has 6 nitrogen and oxygen atoms in total. The van der Waals surface area contributed by atoms with Crippen molar-refractivity contribution in [3.05, 3.63) is 57.7 Å². The number of Topliss-reactive ketones (excluding diaryl/α,β-unsaturated/α-hetero) is 1. The number of benzene rings is 2. The number of nitrogens with one attached hydrogen (secondary N) is 1. The van der Waals surface area contributed by atoms with E-state index in [1.165, 1.54) is 26.4 Å². The van der Waals surface area contributed by atoms with E-state index < -0.39 is 23.5 Å². The van der Waals surface area contributed by atoms with Crippen LogP contribution < -0.4 is 19.7 Å². The summed E-state index contributed by atoms with van der Waals surface area (Å²) in [6.07, 6.45) is -4.69. The zero-order chi connectivity index (χ0) is 25.7. The van der Waals surface area contributed by atoms with Crippen molar-refractivity contribution in [1.29, 1.82) is 0 Å². The van der Waals surface area contributed by atoms with Crippen LogP contribution in [0.1, 0.15) is 38.3 Å². The smallest absolute Gasteiger partial charge is 0.471 e. The number of halogens is 4. The van der Waals surface area contributed by atoms with Gasteiger partial charge in [0.05, 0.1) is 36.1 Å². The molecule has 4 rings (SSSR count). The summed E-state index contributed by atoms with van der Waals surface area (Å²) < 4.78 is 53.3. The summed E-state index contributed by atoms with van der Waals surface area (Å²) >= 11 is 3.44. The fourth-order valence-electron chi connectivity index (χ4n) is 4.77. The molecule has 0 radical (unpaired) electrons. The van der Waals surface area contributed by atoms with Crippen LogP contribution in [0, 0.1) is 5.41 Å². The largest absolute Gasteiger partial charge is 0.496 e. The van der Waals surface area contributed by atoms with Gasteiger partial charge in [0, 0.05) is 23.3 Å². The number of nitrogens with zero attached hydrogens (tertiary/aromatic N) is 1. The Balaban J connectivity index is 2.14. The quantitative estimate of drug-likeness (QED) is 0.493. The maximum atomic E-state index is 14.0. The summed E-state index contributed by atoms with van der Waals surface area (Å²) in [5.41, 5.74) is 0.605. The molecule has 0 fully saturated rings. The Morgan fingerprint density at radius 1 is 1.09 bits per heavy atom. The molecule has 1 aliphatic heterocycles. The summed E-state index contributed by atoms with van der Waals surface area (Å²) in [5.74, 6) is -1.93. The van der Waals surface area contributed by atoms with Crippen LogP contribution in [0.25, 0.3) is 0 Å². The standard InChI is InChI=1S/C25H24BrF3N2O4/c1-24(2)11-14-19(16(32)12-24)22(20-17(34-3)9-10-18(35-4)21(20)26)31(23(33)25(27,28)29)15-8-6-5-7-13(15)30-14/h5-10,22,30H,11-12H2,1-4H3. The number of carbonyl (C=O) groups is 2. The number of rotatable bonds is 3. The van der Waals surface area contributed by atoms with Crippen LogP contribution in [0.5, 0.6) is 11.5 Å². The molecule has 1 heterocycles. The number of hydrogen-bond donors (Lipinski definition) is 1. The number of fused-ring (bicyclic) bond motifs is 1. The molecule has 35 heavy (non-hydrogen) atoms. The van der Waals surface area contributed by atoms with Crippen molar-refractivity contribution >= 4 is 39.0 Å². The van der Waals surface area contributed by atoms with E-state index in [0.717, 1.165) is 0 Å². The maximum absolute atomic E-state index is 14.0. The predicted octanol–water partition coefficient (Wildman–Crippen LogP) is 6.17. The minimum absolute atomic E-state index is 0.00314. The number of para-hydroxylation sites is 2. The number of carbonyl (C=O) groups excluding carboxylic acids is 2. The average molecular weight is 553 g/mol. The molecule has 2 aromatic rings. The van der Waals surface area contributed by atoms with Gasteiger partial charge in [0.25, 0.3) is 0 Å². The highest BCUT2D eigenvalue weighted by atomic mass is 79.9. The molecule has 1 N–H and O–H groups in total. The minimum Gasteiger partial charge on any atom is -0.496 e. The zero-order valence-electron chi connectivity index (χ0n) is 19.5. The van der Waals surface area contributed by atoms with E-state index in [1.54, 1.807) is 24.3 Å². The third kappa shape index (κ3) is 4.39. The molecule has 0 saturated heterocycles. The lowest BCUT2D eigenvalue weighted by Gasteiger charge is -2.38. The van der Waals surface area contributed by atoms with Crippen molar-refractivity contribution in [3.8, 4) is 11.5 Å². The van der Waals surface area contributed by atoms with E-state index in [9.17, 15) is 22.8 Å². The second-order valence-electron chi connectivity index (χ2n) is 9.25. The first kappa shape index (κ1) is 25.1. The SMILES string of the molecule is COc1ccc(OC)c(C2C3=C(CC(C)(C)CC3=O)Nc3ccccc3N2C(=O)C(F)(F)F)c1Br. The van der Waals surface area contributed by atoms with E-state index in [4.69, 9.17) is 9.47 Å². The third-order valence-electron chi connectivity index (χ3n) is 6.18. The lowest BCUT2D eigenvalue weighted by molar-refractivity contribution is -0.170. The Hall–Kier alpha value is -3.01. The fourth-order valence-corrected chi connectivity index (χ4v) is 5.47. The number of hydrogen-bond acceptors (Lipinski definition) is 5. The molecule has 1 atom stereocenters. The molecule has 1 amide bonds. The summed E-state index contributed by atoms with van der Waals surface area (Å²) in [5, 5.41) is 3.18. The fraction of sp³-hybridized carbons (Fsp3) is 0.360. The Bertz CT molecular complexity index is 1240. The second kappa shape index (κ2) is 8.89. The number of allylic oxidation sites excluding steroid dienone is 1. The van der Waals surface area contributed by atoms with E-state index in [2.05, 4.69) is 21.2 Å². The van der Waals surface area contributed by atoms with Gasteiger partial charge in [-0.3, -0.25) is 14.5 Å². The van der Waals surface area contributed by atoms with E-state index in [0.29, 0.717) is 28.5 Å². The number of ketones is 1. The number of alkyl halides is 3. The van der Waals surface area contributed by atoms with Crippen molar-refractivity contribution in [2.75, 3.05) is 24.4 Å². The lowest BCUT2D eigenvalue weighted by Crippen LogP contribution is -2.45. The van der Waals surface area contributed by atoms with Crippen LogP contribution in [0.3, 0.4) is 0 Å². The van der Waals surface area contributed by atoms with Gasteiger partial charge in [-0.1, -0.05) is 26.0 Å². The number of amides is 1. The summed E-state index contributed by atoms with van der Waals surface area (Å²) in [4.78, 5) is 27.3. The van der Waals surface area contributed by atoms with Crippen molar-refractivity contribution in [2.24, 2.45) is 5.41 Å². The first-order chi connectivity index (χ1) is 16.4. The summed E-state index contributed by atoms with van der Waals surface area (Å²) in [6, 6.07) is 7.90. The Labute approximate surface area is 209 Å².